The summed E-state index contributed by atoms with van der Waals surface area (Å²) in [5, 5.41) is 3.07. The molecule has 8 heteroatoms. The maximum absolute atomic E-state index is 10.9. The molecule has 0 radical (unpaired) electrons. The van der Waals surface area contributed by atoms with Crippen LogP contribution in [0.15, 0.2) is 30.6 Å². The summed E-state index contributed by atoms with van der Waals surface area (Å²) in [6, 6.07) is 5.65. The van der Waals surface area contributed by atoms with Crippen molar-refractivity contribution in [2.45, 2.75) is 6.92 Å². The summed E-state index contributed by atoms with van der Waals surface area (Å²) in [6.07, 6.45) is 4.93. The zero-order valence-corrected chi connectivity index (χ0v) is 12.2. The van der Waals surface area contributed by atoms with Gasteiger partial charge in [-0.25, -0.2) is 23.1 Å². The fourth-order valence-electron chi connectivity index (χ4n) is 1.69. The molecule has 0 fully saturated rings. The summed E-state index contributed by atoms with van der Waals surface area (Å²) in [7, 11) is -3.16. The number of hydrogen-bond acceptors (Lipinski definition) is 5. The topological polar surface area (TPSA) is 88.9 Å². The highest BCUT2D eigenvalue weighted by Gasteiger charge is 2.04. The maximum atomic E-state index is 10.9. The van der Waals surface area contributed by atoms with Crippen LogP contribution in [0.5, 0.6) is 0 Å². The van der Waals surface area contributed by atoms with Crippen molar-refractivity contribution < 1.29 is 8.42 Å². The second kappa shape index (κ2) is 6.02. The summed E-state index contributed by atoms with van der Waals surface area (Å²) >= 11 is 0. The molecule has 2 aromatic heterocycles. The number of anilines is 1. The van der Waals surface area contributed by atoms with Crippen molar-refractivity contribution in [3.63, 3.8) is 0 Å². The molecule has 108 valence electrons. The Labute approximate surface area is 118 Å². The molecule has 2 aromatic rings. The summed E-state index contributed by atoms with van der Waals surface area (Å²) in [6.45, 7) is 2.57. The Balaban J connectivity index is 2.02. The number of nitrogens with one attached hydrogen (secondary N) is 2. The van der Waals surface area contributed by atoms with E-state index in [0.29, 0.717) is 24.7 Å². The maximum Gasteiger partial charge on any atom is 0.208 e. The summed E-state index contributed by atoms with van der Waals surface area (Å²) < 4.78 is 26.2. The highest BCUT2D eigenvalue weighted by molar-refractivity contribution is 7.88. The van der Waals surface area contributed by atoms with Crippen LogP contribution in [-0.4, -0.2) is 42.3 Å². The Hall–Kier alpha value is -1.93. The average molecular weight is 295 g/mol. The number of rotatable bonds is 6. The third-order valence-corrected chi connectivity index (χ3v) is 3.22. The van der Waals surface area contributed by atoms with Crippen molar-refractivity contribution in [2.24, 2.45) is 0 Å². The normalized spacial score (nSPS) is 11.5. The lowest BCUT2D eigenvalue weighted by Gasteiger charge is -2.09. The summed E-state index contributed by atoms with van der Waals surface area (Å²) in [4.78, 5) is 8.61. The molecule has 7 nitrogen and oxygen atoms in total. The Morgan fingerprint density at radius 3 is 2.55 bits per heavy atom. The van der Waals surface area contributed by atoms with Gasteiger partial charge in [-0.05, 0) is 19.1 Å². The van der Waals surface area contributed by atoms with E-state index in [2.05, 4.69) is 20.0 Å². The SMILES string of the molecule is Cc1nc(NCCNS(C)(=O)=O)cc(-n2cccc2)n1. The minimum atomic E-state index is -3.16. The van der Waals surface area contributed by atoms with Crippen LogP contribution in [0.3, 0.4) is 0 Å². The molecular formula is C12H17N5O2S. The van der Waals surface area contributed by atoms with Crippen LogP contribution >= 0.6 is 0 Å². The van der Waals surface area contributed by atoms with Crippen LogP contribution in [0.2, 0.25) is 0 Å². The van der Waals surface area contributed by atoms with Gasteiger partial charge in [0.05, 0.1) is 6.26 Å². The van der Waals surface area contributed by atoms with Gasteiger partial charge in [-0.2, -0.15) is 0 Å². The number of nitrogens with zero attached hydrogens (tertiary/aromatic N) is 3. The van der Waals surface area contributed by atoms with E-state index in [1.54, 1.807) is 0 Å². The molecule has 2 rings (SSSR count). The second-order valence-corrected chi connectivity index (χ2v) is 6.18. The van der Waals surface area contributed by atoms with Gasteiger partial charge in [0.15, 0.2) is 0 Å². The van der Waals surface area contributed by atoms with Gasteiger partial charge < -0.3 is 9.88 Å². The van der Waals surface area contributed by atoms with E-state index in [4.69, 9.17) is 0 Å². The fourth-order valence-corrected chi connectivity index (χ4v) is 2.16. The van der Waals surface area contributed by atoms with Crippen LogP contribution in [0, 0.1) is 6.92 Å². The zero-order chi connectivity index (χ0) is 14.6. The van der Waals surface area contributed by atoms with E-state index in [1.165, 1.54) is 0 Å². The predicted molar refractivity (Wildman–Crippen MR) is 77.4 cm³/mol. The van der Waals surface area contributed by atoms with Crippen LogP contribution in [0.25, 0.3) is 5.82 Å². The molecule has 0 amide bonds. The number of sulfonamides is 1. The summed E-state index contributed by atoms with van der Waals surface area (Å²) in [5.41, 5.74) is 0. The molecule has 20 heavy (non-hydrogen) atoms. The molecule has 0 aliphatic heterocycles. The van der Waals surface area contributed by atoms with Gasteiger partial charge in [0.2, 0.25) is 10.0 Å². The molecule has 0 aliphatic rings. The lowest BCUT2D eigenvalue weighted by molar-refractivity contribution is 0.589. The first kappa shape index (κ1) is 14.5. The largest absolute Gasteiger partial charge is 0.369 e. The minimum Gasteiger partial charge on any atom is -0.369 e. The number of hydrogen-bond donors (Lipinski definition) is 2. The van der Waals surface area contributed by atoms with Gasteiger partial charge in [-0.1, -0.05) is 0 Å². The first-order valence-electron chi connectivity index (χ1n) is 6.11. The van der Waals surface area contributed by atoms with E-state index in [9.17, 15) is 8.42 Å². The lowest BCUT2D eigenvalue weighted by Crippen LogP contribution is -2.27. The monoisotopic (exact) mass is 295 g/mol. The Bertz CT molecular complexity index is 667. The first-order valence-corrected chi connectivity index (χ1v) is 8.01. The zero-order valence-electron chi connectivity index (χ0n) is 11.4. The second-order valence-electron chi connectivity index (χ2n) is 4.34. The van der Waals surface area contributed by atoms with E-state index >= 15 is 0 Å². The van der Waals surface area contributed by atoms with Crippen molar-refractivity contribution in [1.29, 1.82) is 0 Å². The standard InChI is InChI=1S/C12H17N5O2S/c1-10-15-11(13-5-6-14-20(2,18)19)9-12(16-10)17-7-3-4-8-17/h3-4,7-9,14H,5-6H2,1-2H3,(H,13,15,16). The van der Waals surface area contributed by atoms with Gasteiger partial charge >= 0.3 is 0 Å². The fraction of sp³-hybridized carbons (Fsp3) is 0.333. The quantitative estimate of drug-likeness (QED) is 0.759. The Kier molecular flexibility index (Phi) is 4.35. The summed E-state index contributed by atoms with van der Waals surface area (Å²) in [5.74, 6) is 2.08. The lowest BCUT2D eigenvalue weighted by atomic mass is 10.4. The molecule has 0 bridgehead atoms. The van der Waals surface area contributed by atoms with Crippen LogP contribution in [-0.2, 0) is 10.0 Å². The van der Waals surface area contributed by atoms with E-state index in [-0.39, 0.29) is 0 Å². The Morgan fingerprint density at radius 2 is 1.90 bits per heavy atom. The third-order valence-electron chi connectivity index (χ3n) is 2.49. The average Bonchev–Trinajstić information content (AvgIpc) is 2.86. The van der Waals surface area contributed by atoms with Gasteiger partial charge in [0.1, 0.15) is 17.5 Å². The number of aromatic nitrogens is 3. The van der Waals surface area contributed by atoms with Crippen molar-refractivity contribution in [1.82, 2.24) is 19.3 Å². The number of aryl methyl sites for hydroxylation is 1. The highest BCUT2D eigenvalue weighted by atomic mass is 32.2. The predicted octanol–water partition coefficient (Wildman–Crippen LogP) is 0.537. The van der Waals surface area contributed by atoms with Gasteiger partial charge in [0, 0.05) is 31.5 Å². The smallest absolute Gasteiger partial charge is 0.208 e. The van der Waals surface area contributed by atoms with Crippen LogP contribution < -0.4 is 10.0 Å². The van der Waals surface area contributed by atoms with Crippen molar-refractivity contribution in [3.8, 4) is 5.82 Å². The molecule has 0 saturated heterocycles. The van der Waals surface area contributed by atoms with E-state index < -0.39 is 10.0 Å². The van der Waals surface area contributed by atoms with Crippen LogP contribution in [0.4, 0.5) is 5.82 Å². The molecule has 0 unspecified atom stereocenters. The molecule has 0 saturated carbocycles. The molecule has 0 aliphatic carbocycles. The van der Waals surface area contributed by atoms with Crippen molar-refractivity contribution in [2.75, 3.05) is 24.7 Å². The van der Waals surface area contributed by atoms with E-state index in [0.717, 1.165) is 12.1 Å². The minimum absolute atomic E-state index is 0.306. The van der Waals surface area contributed by atoms with Crippen LogP contribution in [0.1, 0.15) is 5.82 Å². The molecule has 0 atom stereocenters. The molecule has 2 heterocycles. The van der Waals surface area contributed by atoms with Crippen molar-refractivity contribution >= 4 is 15.8 Å². The van der Waals surface area contributed by atoms with Gasteiger partial charge in [0.25, 0.3) is 0 Å². The molecule has 2 N–H and O–H groups in total. The van der Waals surface area contributed by atoms with Crippen molar-refractivity contribution in [3.05, 3.63) is 36.4 Å². The highest BCUT2D eigenvalue weighted by Crippen LogP contribution is 2.10. The first-order chi connectivity index (χ1) is 9.44. The molecule has 0 spiro atoms. The van der Waals surface area contributed by atoms with Gasteiger partial charge in [-0.15, -0.1) is 0 Å². The third kappa shape index (κ3) is 4.32. The Morgan fingerprint density at radius 1 is 1.20 bits per heavy atom. The molecular weight excluding hydrogens is 278 g/mol. The van der Waals surface area contributed by atoms with Gasteiger partial charge in [-0.3, -0.25) is 0 Å². The molecule has 0 aromatic carbocycles. The van der Waals surface area contributed by atoms with E-state index in [1.807, 2.05) is 42.1 Å².